The highest BCUT2D eigenvalue weighted by atomic mass is 35.5. The number of nitrogens with two attached hydrogens (primary N) is 1. The van der Waals surface area contributed by atoms with E-state index in [9.17, 15) is 15.3 Å². The van der Waals surface area contributed by atoms with Gasteiger partial charge in [0, 0.05) is 5.38 Å². The highest BCUT2D eigenvalue weighted by Crippen LogP contribution is 2.42. The molecule has 0 spiro atoms. The Bertz CT molecular complexity index is 780. The summed E-state index contributed by atoms with van der Waals surface area (Å²) < 4.78 is 7.00. The second-order valence-electron chi connectivity index (χ2n) is 5.61. The predicted molar refractivity (Wildman–Crippen MR) is 85.9 cm³/mol. The lowest BCUT2D eigenvalue weighted by atomic mass is 9.93. The van der Waals surface area contributed by atoms with Gasteiger partial charge < -0.3 is 31.1 Å². The van der Waals surface area contributed by atoms with Gasteiger partial charge in [-0.05, 0) is 24.4 Å². The lowest BCUT2D eigenvalue weighted by Crippen LogP contribution is -2.47. The van der Waals surface area contributed by atoms with Crippen molar-refractivity contribution in [2.45, 2.75) is 37.1 Å². The minimum atomic E-state index is -2.08. The third-order valence-electron chi connectivity index (χ3n) is 3.96. The number of nitrogens with one attached hydrogen (secondary N) is 1. The Morgan fingerprint density at radius 1 is 1.62 bits per heavy atom. The number of imidazole rings is 1. The number of aromatic nitrogens is 2. The van der Waals surface area contributed by atoms with Crippen LogP contribution in [0.15, 0.2) is 17.9 Å². The number of fused-ring (bicyclic) bond motifs is 1. The van der Waals surface area contributed by atoms with Crippen LogP contribution in [0.5, 0.6) is 0 Å². The van der Waals surface area contributed by atoms with Gasteiger partial charge in [-0.3, -0.25) is 4.57 Å². The fourth-order valence-electron chi connectivity index (χ4n) is 2.80. The molecule has 1 aromatic rings. The number of aliphatic hydroxyl groups excluding tert-OH is 2. The number of aliphatic imine (C=N–C) groups is 1. The second kappa shape index (κ2) is 5.77. The molecule has 2 aliphatic heterocycles. The number of rotatable bonds is 2. The Hall–Kier alpha value is -2.09. The Labute approximate surface area is 142 Å². The van der Waals surface area contributed by atoms with Crippen molar-refractivity contribution in [2.75, 3.05) is 0 Å². The van der Waals surface area contributed by atoms with E-state index in [1.165, 1.54) is 17.8 Å². The van der Waals surface area contributed by atoms with E-state index in [0.717, 1.165) is 0 Å². The van der Waals surface area contributed by atoms with E-state index in [1.807, 2.05) is 0 Å². The van der Waals surface area contributed by atoms with Crippen LogP contribution in [0, 0.1) is 11.3 Å². The van der Waals surface area contributed by atoms with Crippen molar-refractivity contribution < 1.29 is 20.1 Å². The minimum Gasteiger partial charge on any atom is -0.391 e. The summed E-state index contributed by atoms with van der Waals surface area (Å²) in [6, 6.07) is 0. The summed E-state index contributed by atoms with van der Waals surface area (Å²) in [6.45, 7) is 5.21. The molecule has 0 radical (unpaired) electrons. The molecule has 3 rings (SSSR count). The average molecular weight is 354 g/mol. The van der Waals surface area contributed by atoms with E-state index >= 15 is 0 Å². The highest BCUT2D eigenvalue weighted by Gasteiger charge is 2.57. The van der Waals surface area contributed by atoms with Crippen molar-refractivity contribution in [3.63, 3.8) is 0 Å². The molecule has 128 valence electrons. The Morgan fingerprint density at radius 2 is 2.33 bits per heavy atom. The molecule has 2 unspecified atom stereocenters. The van der Waals surface area contributed by atoms with Crippen molar-refractivity contribution in [2.24, 2.45) is 10.7 Å². The van der Waals surface area contributed by atoms with E-state index in [2.05, 4.69) is 33.2 Å². The molecule has 0 saturated carbocycles. The van der Waals surface area contributed by atoms with Crippen LogP contribution < -0.4 is 11.1 Å². The van der Waals surface area contributed by atoms with Crippen molar-refractivity contribution in [3.05, 3.63) is 18.6 Å². The zero-order valence-electron chi connectivity index (χ0n) is 12.6. The van der Waals surface area contributed by atoms with E-state index in [1.54, 1.807) is 0 Å². The van der Waals surface area contributed by atoms with Crippen LogP contribution in [0.2, 0.25) is 0 Å². The molecule has 1 fully saturated rings. The first-order chi connectivity index (χ1) is 11.3. The van der Waals surface area contributed by atoms with Gasteiger partial charge >= 0.3 is 0 Å². The van der Waals surface area contributed by atoms with Gasteiger partial charge in [0.15, 0.2) is 18.0 Å². The maximum absolute atomic E-state index is 10.8. The number of nitrogens with zero attached hydrogens (tertiary/aromatic N) is 3. The first-order valence-corrected chi connectivity index (χ1v) is 7.41. The molecular formula is C14H16ClN5O4. The molecule has 10 heteroatoms. The summed E-state index contributed by atoms with van der Waals surface area (Å²) in [4.78, 5) is 8.29. The number of guanidine groups is 1. The molecule has 0 aliphatic carbocycles. The largest absolute Gasteiger partial charge is 0.391 e. The summed E-state index contributed by atoms with van der Waals surface area (Å²) in [5.41, 5.74) is 4.45. The molecular weight excluding hydrogens is 338 g/mol. The van der Waals surface area contributed by atoms with E-state index in [-0.39, 0.29) is 11.8 Å². The lowest BCUT2D eigenvalue weighted by molar-refractivity contribution is -0.0855. The molecule has 0 bridgehead atoms. The summed E-state index contributed by atoms with van der Waals surface area (Å²) in [6.07, 6.45) is -3.50. The number of hydrogen-bond donors (Lipinski definition) is 5. The summed E-state index contributed by atoms with van der Waals surface area (Å²) >= 11 is 5.43. The van der Waals surface area contributed by atoms with Crippen molar-refractivity contribution in [3.8, 4) is 11.3 Å². The normalized spacial score (nSPS) is 33.1. The van der Waals surface area contributed by atoms with Crippen molar-refractivity contribution in [1.29, 1.82) is 0 Å². The Morgan fingerprint density at radius 3 is 2.96 bits per heavy atom. The van der Waals surface area contributed by atoms with Gasteiger partial charge in [-0.15, -0.1) is 0 Å². The van der Waals surface area contributed by atoms with Crippen LogP contribution in [-0.2, 0) is 4.74 Å². The molecule has 1 saturated heterocycles. The van der Waals surface area contributed by atoms with E-state index in [0.29, 0.717) is 11.4 Å². The van der Waals surface area contributed by atoms with E-state index in [4.69, 9.17) is 22.1 Å². The molecule has 5 atom stereocenters. The SMILES string of the molecule is C=C1NC(N)=Nc2c1ncn2[C@@H]1OC([C@@H](C)O)C(O)[C@]1(O)C#CCl. The highest BCUT2D eigenvalue weighted by molar-refractivity contribution is 6.30. The Balaban J connectivity index is 2.12. The Kier molecular flexibility index (Phi) is 4.03. The van der Waals surface area contributed by atoms with Crippen LogP contribution >= 0.6 is 11.6 Å². The molecule has 9 nitrogen and oxygen atoms in total. The quantitative estimate of drug-likeness (QED) is 0.429. The summed E-state index contributed by atoms with van der Waals surface area (Å²) in [7, 11) is 0. The number of ether oxygens (including phenoxy) is 1. The predicted octanol–water partition coefficient (Wildman–Crippen LogP) is -1.03. The third kappa shape index (κ3) is 2.36. The minimum absolute atomic E-state index is 0.0897. The topological polar surface area (TPSA) is 138 Å². The fourth-order valence-corrected chi connectivity index (χ4v) is 2.95. The fraction of sp³-hybridized carbons (Fsp3) is 0.429. The first-order valence-electron chi connectivity index (χ1n) is 7.03. The standard InChI is InChI=1S/C14H16ClN5O4/c1-6-8-11(19-13(16)18-6)20(5-17-8)12-14(23,3-4-15)10(22)9(24-12)7(2)21/h5,7,9-10,12,21-23H,1H2,2H3,(H3,16,18,19)/t7-,9?,10?,12-,14-/m1/s1. The van der Waals surface area contributed by atoms with Crippen LogP contribution in [0.4, 0.5) is 5.82 Å². The van der Waals surface area contributed by atoms with Gasteiger partial charge in [0.25, 0.3) is 0 Å². The van der Waals surface area contributed by atoms with Crippen LogP contribution in [0.25, 0.3) is 5.70 Å². The zero-order chi connectivity index (χ0) is 17.6. The number of aliphatic hydroxyl groups is 3. The number of halogens is 1. The lowest BCUT2D eigenvalue weighted by Gasteiger charge is -2.27. The molecule has 3 heterocycles. The van der Waals surface area contributed by atoms with Crippen molar-refractivity contribution in [1.82, 2.24) is 14.9 Å². The summed E-state index contributed by atoms with van der Waals surface area (Å²) in [5, 5.41) is 35.8. The van der Waals surface area contributed by atoms with Gasteiger partial charge in [-0.1, -0.05) is 6.58 Å². The van der Waals surface area contributed by atoms with Gasteiger partial charge in [-0.25, -0.2) is 4.98 Å². The molecule has 24 heavy (non-hydrogen) atoms. The summed E-state index contributed by atoms with van der Waals surface area (Å²) in [5.74, 6) is 2.70. The van der Waals surface area contributed by atoms with Gasteiger partial charge in [0.05, 0.1) is 18.1 Å². The zero-order valence-corrected chi connectivity index (χ0v) is 13.4. The van der Waals surface area contributed by atoms with Crippen LogP contribution in [0.3, 0.4) is 0 Å². The first kappa shape index (κ1) is 16.8. The van der Waals surface area contributed by atoms with Crippen LogP contribution in [0.1, 0.15) is 18.8 Å². The molecule has 6 N–H and O–H groups in total. The number of hydrogen-bond acceptors (Lipinski definition) is 8. The van der Waals surface area contributed by atoms with Gasteiger partial charge in [0.1, 0.15) is 17.9 Å². The van der Waals surface area contributed by atoms with E-state index < -0.39 is 30.1 Å². The molecule has 0 aromatic carbocycles. The van der Waals surface area contributed by atoms with Gasteiger partial charge in [-0.2, -0.15) is 4.99 Å². The third-order valence-corrected chi connectivity index (χ3v) is 4.05. The smallest absolute Gasteiger partial charge is 0.200 e. The average Bonchev–Trinajstić information content (AvgIpc) is 3.00. The van der Waals surface area contributed by atoms with Crippen molar-refractivity contribution >= 4 is 29.1 Å². The monoisotopic (exact) mass is 353 g/mol. The second-order valence-corrected chi connectivity index (χ2v) is 5.80. The molecule has 0 amide bonds. The maximum atomic E-state index is 10.8. The molecule has 2 aliphatic rings. The van der Waals surface area contributed by atoms with Gasteiger partial charge in [0.2, 0.25) is 5.60 Å². The molecule has 1 aromatic heterocycles. The van der Waals surface area contributed by atoms with Crippen LogP contribution in [-0.4, -0.2) is 54.7 Å². The maximum Gasteiger partial charge on any atom is 0.200 e.